The molecule has 0 aliphatic carbocycles. The van der Waals surface area contributed by atoms with Crippen molar-refractivity contribution in [1.82, 2.24) is 20.4 Å². The Balaban J connectivity index is 0.000000706. The normalized spacial score (nSPS) is 15.8. The van der Waals surface area contributed by atoms with Gasteiger partial charge in [0.25, 0.3) is 5.91 Å². The average Bonchev–Trinajstić information content (AvgIpc) is 3.40. The van der Waals surface area contributed by atoms with Gasteiger partial charge in [0.1, 0.15) is 5.69 Å². The summed E-state index contributed by atoms with van der Waals surface area (Å²) in [6.45, 7) is 3.65. The van der Waals surface area contributed by atoms with E-state index in [9.17, 15) is 4.79 Å². The highest BCUT2D eigenvalue weighted by Crippen LogP contribution is 2.28. The van der Waals surface area contributed by atoms with Gasteiger partial charge in [-0.05, 0) is 39.1 Å². The van der Waals surface area contributed by atoms with Gasteiger partial charge in [-0.1, -0.05) is 60.2 Å². The van der Waals surface area contributed by atoms with Gasteiger partial charge < -0.3 is 10.2 Å². The monoisotopic (exact) mass is 376 g/mol. The number of nitrogens with one attached hydrogen (secondary N) is 2. The average molecular weight is 377 g/mol. The highest BCUT2D eigenvalue weighted by Gasteiger charge is 2.28. The smallest absolute Gasteiger partial charge is 0.271 e. The van der Waals surface area contributed by atoms with E-state index in [2.05, 4.69) is 46.7 Å². The van der Waals surface area contributed by atoms with Gasteiger partial charge in [-0.15, -0.1) is 0 Å². The summed E-state index contributed by atoms with van der Waals surface area (Å²) < 4.78 is 0. The predicted molar refractivity (Wildman–Crippen MR) is 113 cm³/mol. The second-order valence-electron chi connectivity index (χ2n) is 7.18. The Morgan fingerprint density at radius 3 is 2.46 bits per heavy atom. The summed E-state index contributed by atoms with van der Waals surface area (Å²) >= 11 is 0. The second-order valence-corrected chi connectivity index (χ2v) is 7.18. The van der Waals surface area contributed by atoms with Crippen LogP contribution < -0.4 is 5.32 Å². The molecule has 1 unspecified atom stereocenters. The molecule has 1 atom stereocenters. The molecule has 0 radical (unpaired) electrons. The summed E-state index contributed by atoms with van der Waals surface area (Å²) in [6.07, 6.45) is 1.01. The molecule has 5 nitrogen and oxygen atoms in total. The summed E-state index contributed by atoms with van der Waals surface area (Å²) in [5.74, 6) is 0.449. The van der Waals surface area contributed by atoms with Crippen LogP contribution in [0.25, 0.3) is 11.3 Å². The Morgan fingerprint density at radius 1 is 1.11 bits per heavy atom. The molecule has 0 spiro atoms. The fourth-order valence-corrected chi connectivity index (χ4v) is 3.41. The number of nitrogens with zero attached hydrogens (tertiary/aromatic N) is 2. The number of carbonyl (C=O) groups excluding carboxylic acids is 1. The van der Waals surface area contributed by atoms with Crippen molar-refractivity contribution in [2.75, 3.05) is 27.2 Å². The van der Waals surface area contributed by atoms with Gasteiger partial charge in [0.15, 0.2) is 0 Å². The summed E-state index contributed by atoms with van der Waals surface area (Å²) in [5.41, 5.74) is 4.95. The zero-order valence-electron chi connectivity index (χ0n) is 16.8. The van der Waals surface area contributed by atoms with Crippen molar-refractivity contribution in [3.8, 4) is 11.3 Å². The van der Waals surface area contributed by atoms with Crippen molar-refractivity contribution in [1.29, 1.82) is 0 Å². The number of rotatable bonds is 3. The molecule has 0 saturated carbocycles. The van der Waals surface area contributed by atoms with Gasteiger partial charge in [0, 0.05) is 24.6 Å². The van der Waals surface area contributed by atoms with E-state index >= 15 is 0 Å². The molecular formula is C23H28N4O. The third kappa shape index (κ3) is 4.67. The van der Waals surface area contributed by atoms with E-state index in [1.165, 1.54) is 11.1 Å². The number of aromatic amines is 1. The third-order valence-electron chi connectivity index (χ3n) is 4.90. The van der Waals surface area contributed by atoms with Gasteiger partial charge in [-0.25, -0.2) is 0 Å². The zero-order chi connectivity index (χ0) is 19.9. The molecule has 2 N–H and O–H groups in total. The Kier molecular flexibility index (Phi) is 6.61. The maximum absolute atomic E-state index is 12.8. The molecule has 4 rings (SSSR count). The Morgan fingerprint density at radius 2 is 1.79 bits per heavy atom. The molecule has 146 valence electrons. The SMILES string of the molecule is CNC.Cc1ccc(C2CCN(C(=O)c3cc(-c4ccccc4)n[nH]3)C2)cc1. The van der Waals surface area contributed by atoms with Crippen LogP contribution in [0.15, 0.2) is 60.7 Å². The van der Waals surface area contributed by atoms with E-state index < -0.39 is 0 Å². The van der Waals surface area contributed by atoms with E-state index in [-0.39, 0.29) is 5.91 Å². The molecule has 5 heteroatoms. The van der Waals surface area contributed by atoms with Crippen molar-refractivity contribution >= 4 is 5.91 Å². The minimum absolute atomic E-state index is 0.0318. The van der Waals surface area contributed by atoms with Gasteiger partial charge in [-0.2, -0.15) is 5.10 Å². The van der Waals surface area contributed by atoms with E-state index in [1.807, 2.05) is 55.4 Å². The lowest BCUT2D eigenvalue weighted by molar-refractivity contribution is 0.0785. The summed E-state index contributed by atoms with van der Waals surface area (Å²) in [4.78, 5) is 14.7. The quantitative estimate of drug-likeness (QED) is 0.730. The first-order valence-corrected chi connectivity index (χ1v) is 9.67. The summed E-state index contributed by atoms with van der Waals surface area (Å²) in [7, 11) is 3.75. The van der Waals surface area contributed by atoms with Crippen LogP contribution in [0, 0.1) is 6.92 Å². The summed E-state index contributed by atoms with van der Waals surface area (Å²) in [5, 5.41) is 9.95. The van der Waals surface area contributed by atoms with Gasteiger partial charge >= 0.3 is 0 Å². The number of aromatic nitrogens is 2. The van der Waals surface area contributed by atoms with Crippen LogP contribution in [-0.4, -0.2) is 48.2 Å². The number of likely N-dealkylation sites (tertiary alicyclic amines) is 1. The highest BCUT2D eigenvalue weighted by atomic mass is 16.2. The molecule has 1 fully saturated rings. The fraction of sp³-hybridized carbons (Fsp3) is 0.304. The minimum Gasteiger partial charge on any atom is -0.337 e. The van der Waals surface area contributed by atoms with Crippen LogP contribution in [0.2, 0.25) is 0 Å². The lowest BCUT2D eigenvalue weighted by Gasteiger charge is -2.15. The van der Waals surface area contributed by atoms with Crippen molar-refractivity contribution in [3.05, 3.63) is 77.5 Å². The van der Waals surface area contributed by atoms with Crippen LogP contribution >= 0.6 is 0 Å². The Hall–Kier alpha value is -2.92. The molecule has 28 heavy (non-hydrogen) atoms. The molecule has 3 aromatic rings. The molecule has 1 saturated heterocycles. The summed E-state index contributed by atoms with van der Waals surface area (Å²) in [6, 6.07) is 20.4. The van der Waals surface area contributed by atoms with Gasteiger partial charge in [0.05, 0.1) is 5.69 Å². The van der Waals surface area contributed by atoms with Crippen LogP contribution in [0.1, 0.15) is 34.0 Å². The van der Waals surface area contributed by atoms with Crippen molar-refractivity contribution in [3.63, 3.8) is 0 Å². The number of carbonyl (C=O) groups is 1. The van der Waals surface area contributed by atoms with E-state index in [0.29, 0.717) is 11.6 Å². The molecule has 1 aliphatic rings. The molecule has 2 aromatic carbocycles. The molecule has 1 aliphatic heterocycles. The fourth-order valence-electron chi connectivity index (χ4n) is 3.41. The molecule has 1 aromatic heterocycles. The van der Waals surface area contributed by atoms with E-state index in [0.717, 1.165) is 30.8 Å². The van der Waals surface area contributed by atoms with Crippen molar-refractivity contribution in [2.45, 2.75) is 19.3 Å². The number of hydrogen-bond acceptors (Lipinski definition) is 3. The number of hydrogen-bond donors (Lipinski definition) is 2. The molecule has 0 bridgehead atoms. The molecule has 1 amide bonds. The third-order valence-corrected chi connectivity index (χ3v) is 4.90. The maximum atomic E-state index is 12.8. The highest BCUT2D eigenvalue weighted by molar-refractivity contribution is 5.93. The van der Waals surface area contributed by atoms with Crippen molar-refractivity contribution in [2.24, 2.45) is 0 Å². The molecule has 2 heterocycles. The number of aryl methyl sites for hydroxylation is 1. The maximum Gasteiger partial charge on any atom is 0.271 e. The van der Waals surface area contributed by atoms with E-state index in [4.69, 9.17) is 0 Å². The predicted octanol–water partition coefficient (Wildman–Crippen LogP) is 3.85. The Bertz CT molecular complexity index is 886. The van der Waals surface area contributed by atoms with Crippen LogP contribution in [0.5, 0.6) is 0 Å². The lowest BCUT2D eigenvalue weighted by atomic mass is 9.98. The second kappa shape index (κ2) is 9.33. The van der Waals surface area contributed by atoms with Crippen molar-refractivity contribution < 1.29 is 4.79 Å². The number of H-pyrrole nitrogens is 1. The Labute approximate surface area is 166 Å². The lowest BCUT2D eigenvalue weighted by Crippen LogP contribution is -2.28. The van der Waals surface area contributed by atoms with E-state index in [1.54, 1.807) is 0 Å². The standard InChI is InChI=1S/C21H21N3O.C2H7N/c1-15-7-9-16(10-8-15)18-11-12-24(14-18)21(25)20-13-19(22-23-20)17-5-3-2-4-6-17;1-3-2/h2-10,13,18H,11-12,14H2,1H3,(H,22,23);3H,1-2H3. The van der Waals surface area contributed by atoms with Crippen LogP contribution in [0.3, 0.4) is 0 Å². The largest absolute Gasteiger partial charge is 0.337 e. The first kappa shape index (κ1) is 19.8. The van der Waals surface area contributed by atoms with Crippen LogP contribution in [0.4, 0.5) is 0 Å². The van der Waals surface area contributed by atoms with Gasteiger partial charge in [-0.3, -0.25) is 9.89 Å². The first-order chi connectivity index (χ1) is 13.6. The first-order valence-electron chi connectivity index (χ1n) is 9.67. The van der Waals surface area contributed by atoms with Crippen LogP contribution in [-0.2, 0) is 0 Å². The minimum atomic E-state index is 0.0318. The number of benzene rings is 2. The molecular weight excluding hydrogens is 348 g/mol. The topological polar surface area (TPSA) is 61.0 Å². The van der Waals surface area contributed by atoms with Gasteiger partial charge in [0.2, 0.25) is 0 Å². The number of amides is 1. The zero-order valence-corrected chi connectivity index (χ0v) is 16.8.